The fourth-order valence-corrected chi connectivity index (χ4v) is 3.21. The number of amides is 1. The number of carboxylic acid groups (broad SMARTS) is 1. The van der Waals surface area contributed by atoms with Crippen molar-refractivity contribution in [3.8, 4) is 0 Å². The molecule has 144 valence electrons. The van der Waals surface area contributed by atoms with E-state index in [0.29, 0.717) is 23.2 Å². The van der Waals surface area contributed by atoms with Crippen LogP contribution in [0.2, 0.25) is 0 Å². The molecule has 1 atom stereocenters. The summed E-state index contributed by atoms with van der Waals surface area (Å²) in [5.41, 5.74) is -1.15. The van der Waals surface area contributed by atoms with E-state index in [1.807, 2.05) is 0 Å². The van der Waals surface area contributed by atoms with E-state index < -0.39 is 29.9 Å². The Morgan fingerprint density at radius 1 is 1.46 bits per heavy atom. The third-order valence-electron chi connectivity index (χ3n) is 3.67. The molecule has 0 aromatic carbocycles. The maximum Gasteiger partial charge on any atom is 0.410 e. The van der Waals surface area contributed by atoms with Crippen LogP contribution in [0.3, 0.4) is 0 Å². The van der Waals surface area contributed by atoms with Crippen molar-refractivity contribution < 1.29 is 28.9 Å². The Morgan fingerprint density at radius 2 is 2.19 bits per heavy atom. The first-order valence-electron chi connectivity index (χ1n) is 8.14. The maximum absolute atomic E-state index is 12.6. The van der Waals surface area contributed by atoms with E-state index in [0.717, 1.165) is 0 Å². The maximum atomic E-state index is 12.6. The number of halogens is 1. The molecule has 2 heterocycles. The highest BCUT2D eigenvalue weighted by molar-refractivity contribution is 9.10. The lowest BCUT2D eigenvalue weighted by molar-refractivity contribution is -0.156. The Labute approximate surface area is 160 Å². The zero-order valence-electron chi connectivity index (χ0n) is 15.0. The Kier molecular flexibility index (Phi) is 6.59. The Hall–Kier alpha value is -1.71. The average molecular weight is 431 g/mol. The fourth-order valence-electron chi connectivity index (χ4n) is 2.60. The van der Waals surface area contributed by atoms with Crippen molar-refractivity contribution in [2.75, 3.05) is 32.9 Å². The molecule has 8 nitrogen and oxygen atoms in total. The van der Waals surface area contributed by atoms with Crippen LogP contribution in [0.25, 0.3) is 0 Å². The molecule has 0 spiro atoms. The van der Waals surface area contributed by atoms with E-state index in [9.17, 15) is 9.59 Å². The molecule has 9 heteroatoms. The van der Waals surface area contributed by atoms with Gasteiger partial charge in [-0.05, 0) is 42.8 Å². The minimum Gasteiger partial charge on any atom is -0.480 e. The molecule has 1 N–H and O–H groups in total. The number of aromatic nitrogens is 1. The Morgan fingerprint density at radius 3 is 2.81 bits per heavy atom. The van der Waals surface area contributed by atoms with Gasteiger partial charge >= 0.3 is 12.1 Å². The highest BCUT2D eigenvalue weighted by Crippen LogP contribution is 2.34. The lowest BCUT2D eigenvalue weighted by Gasteiger charge is -2.36. The highest BCUT2D eigenvalue weighted by atomic mass is 79.9. The largest absolute Gasteiger partial charge is 0.480 e. The van der Waals surface area contributed by atoms with Gasteiger partial charge in [-0.2, -0.15) is 0 Å². The van der Waals surface area contributed by atoms with Crippen LogP contribution in [-0.4, -0.2) is 65.6 Å². The van der Waals surface area contributed by atoms with Gasteiger partial charge in [-0.25, -0.2) is 9.59 Å². The molecule has 1 saturated heterocycles. The first-order valence-corrected chi connectivity index (χ1v) is 8.94. The summed E-state index contributed by atoms with van der Waals surface area (Å²) in [7, 11) is 0. The van der Waals surface area contributed by atoms with Crippen molar-refractivity contribution in [2.45, 2.75) is 32.0 Å². The topological polar surface area (TPSA) is 98.2 Å². The smallest absolute Gasteiger partial charge is 0.410 e. The van der Waals surface area contributed by atoms with Gasteiger partial charge in [-0.15, -0.1) is 0 Å². The lowest BCUT2D eigenvalue weighted by Crippen LogP contribution is -2.48. The van der Waals surface area contributed by atoms with Crippen molar-refractivity contribution >= 4 is 28.0 Å². The first-order chi connectivity index (χ1) is 12.1. The normalized spacial score (nSPS) is 21.2. The van der Waals surface area contributed by atoms with Crippen LogP contribution in [0.5, 0.6) is 0 Å². The van der Waals surface area contributed by atoms with E-state index in [2.05, 4.69) is 20.9 Å². The first kappa shape index (κ1) is 20.6. The number of nitrogens with zero attached hydrogens (tertiary/aromatic N) is 2. The predicted octanol–water partition coefficient (Wildman–Crippen LogP) is 2.41. The third kappa shape index (κ3) is 5.39. The predicted molar refractivity (Wildman–Crippen MR) is 95.8 cm³/mol. The number of aliphatic carboxylic acids is 1. The summed E-state index contributed by atoms with van der Waals surface area (Å²) in [4.78, 5) is 29.2. The second-order valence-corrected chi connectivity index (χ2v) is 7.84. The summed E-state index contributed by atoms with van der Waals surface area (Å²) in [6.45, 7) is 5.63. The SMILES string of the molecule is CC(C)(C)OC(=O)N1CCOCC(OCC(=O)O)(c2ccncc2Br)C1. The molecule has 0 saturated carbocycles. The second kappa shape index (κ2) is 8.32. The van der Waals surface area contributed by atoms with Crippen molar-refractivity contribution in [3.05, 3.63) is 28.5 Å². The summed E-state index contributed by atoms with van der Waals surface area (Å²) >= 11 is 3.43. The number of carbonyl (C=O) groups excluding carboxylic acids is 1. The quantitative estimate of drug-likeness (QED) is 0.782. The molecule has 2 rings (SSSR count). The summed E-state index contributed by atoms with van der Waals surface area (Å²) in [6, 6.07) is 1.72. The van der Waals surface area contributed by atoms with Crippen LogP contribution in [0.4, 0.5) is 4.79 Å². The summed E-state index contributed by atoms with van der Waals surface area (Å²) in [5, 5.41) is 9.08. The number of carboxylic acids is 1. The molecule has 1 fully saturated rings. The molecule has 1 aliphatic rings. The molecule has 0 radical (unpaired) electrons. The molecule has 1 amide bonds. The standard InChI is InChI=1S/C17H23BrN2O6/c1-16(2,3)26-15(23)20-6-7-24-11-17(10-20,25-9-14(21)22)12-4-5-19-8-13(12)18/h4-5,8H,6-7,9-11H2,1-3H3,(H,21,22). The van der Waals surface area contributed by atoms with Gasteiger partial charge < -0.3 is 24.2 Å². The number of carbonyl (C=O) groups is 2. The van der Waals surface area contributed by atoms with Crippen molar-refractivity contribution in [3.63, 3.8) is 0 Å². The second-order valence-electron chi connectivity index (χ2n) is 6.99. The number of hydrogen-bond donors (Lipinski definition) is 1. The van der Waals surface area contributed by atoms with Crippen molar-refractivity contribution in [1.82, 2.24) is 9.88 Å². The molecule has 1 aliphatic heterocycles. The van der Waals surface area contributed by atoms with E-state index in [1.54, 1.807) is 39.2 Å². The number of rotatable bonds is 4. The van der Waals surface area contributed by atoms with E-state index in [4.69, 9.17) is 19.3 Å². The minimum atomic E-state index is -1.16. The van der Waals surface area contributed by atoms with Crippen molar-refractivity contribution in [2.24, 2.45) is 0 Å². The molecule has 0 bridgehead atoms. The van der Waals surface area contributed by atoms with Gasteiger partial charge in [0, 0.05) is 29.0 Å². The van der Waals surface area contributed by atoms with Crippen LogP contribution >= 0.6 is 15.9 Å². The van der Waals surface area contributed by atoms with Crippen LogP contribution in [-0.2, 0) is 24.6 Å². The third-order valence-corrected chi connectivity index (χ3v) is 4.31. The molecule has 26 heavy (non-hydrogen) atoms. The van der Waals surface area contributed by atoms with Gasteiger partial charge in [0.1, 0.15) is 17.8 Å². The van der Waals surface area contributed by atoms with Gasteiger partial charge in [0.25, 0.3) is 0 Å². The van der Waals surface area contributed by atoms with E-state index in [1.165, 1.54) is 4.90 Å². The van der Waals surface area contributed by atoms with Gasteiger partial charge in [-0.1, -0.05) is 0 Å². The zero-order valence-corrected chi connectivity index (χ0v) is 16.6. The zero-order chi connectivity index (χ0) is 19.4. The molecule has 1 aromatic rings. The average Bonchev–Trinajstić information content (AvgIpc) is 2.75. The molecule has 1 aromatic heterocycles. The summed E-state index contributed by atoms with van der Waals surface area (Å²) in [6.07, 6.45) is 2.66. The van der Waals surface area contributed by atoms with Gasteiger partial charge in [-0.3, -0.25) is 4.98 Å². The highest BCUT2D eigenvalue weighted by Gasteiger charge is 2.42. The van der Waals surface area contributed by atoms with Gasteiger partial charge in [0.05, 0.1) is 19.8 Å². The Balaban J connectivity index is 2.37. The van der Waals surface area contributed by atoms with E-state index in [-0.39, 0.29) is 13.2 Å². The van der Waals surface area contributed by atoms with Crippen LogP contribution in [0.1, 0.15) is 26.3 Å². The summed E-state index contributed by atoms with van der Waals surface area (Å²) in [5.74, 6) is -1.11. The fraction of sp³-hybridized carbons (Fsp3) is 0.588. The molecule has 0 aliphatic carbocycles. The summed E-state index contributed by atoms with van der Waals surface area (Å²) < 4.78 is 17.5. The number of hydrogen-bond acceptors (Lipinski definition) is 6. The molecule has 1 unspecified atom stereocenters. The molecular formula is C17H23BrN2O6. The van der Waals surface area contributed by atoms with Crippen LogP contribution in [0.15, 0.2) is 22.9 Å². The lowest BCUT2D eigenvalue weighted by atomic mass is 9.94. The van der Waals surface area contributed by atoms with Crippen LogP contribution in [0, 0.1) is 0 Å². The molecular weight excluding hydrogens is 408 g/mol. The Bertz CT molecular complexity index is 663. The van der Waals surface area contributed by atoms with Gasteiger partial charge in [0.2, 0.25) is 0 Å². The van der Waals surface area contributed by atoms with E-state index >= 15 is 0 Å². The van der Waals surface area contributed by atoms with Crippen LogP contribution < -0.4 is 0 Å². The minimum absolute atomic E-state index is 0.0950. The monoisotopic (exact) mass is 430 g/mol. The number of ether oxygens (including phenoxy) is 3. The number of pyridine rings is 1. The van der Waals surface area contributed by atoms with Crippen molar-refractivity contribution in [1.29, 1.82) is 0 Å². The van der Waals surface area contributed by atoms with Gasteiger partial charge in [0.15, 0.2) is 0 Å².